The van der Waals surface area contributed by atoms with Crippen molar-refractivity contribution in [2.24, 2.45) is 16.3 Å². The number of halogens is 2. The van der Waals surface area contributed by atoms with E-state index in [-0.39, 0.29) is 11.7 Å². The first-order valence-corrected chi connectivity index (χ1v) is 7.34. The zero-order valence-electron chi connectivity index (χ0n) is 13.5. The van der Waals surface area contributed by atoms with E-state index in [0.717, 1.165) is 17.7 Å². The Morgan fingerprint density at radius 1 is 1.48 bits per heavy atom. The number of hydrogen-bond acceptors (Lipinski definition) is 1. The first-order valence-electron chi connectivity index (χ1n) is 7.34. The van der Waals surface area contributed by atoms with Crippen LogP contribution in [0.3, 0.4) is 0 Å². The van der Waals surface area contributed by atoms with Gasteiger partial charge in [0, 0.05) is 17.0 Å². The van der Waals surface area contributed by atoms with Crippen molar-refractivity contribution in [1.29, 1.82) is 0 Å². The third kappa shape index (κ3) is 4.23. The average Bonchev–Trinajstić information content (AvgIpc) is 2.44. The van der Waals surface area contributed by atoms with E-state index in [4.69, 9.17) is 0 Å². The largest absolute Gasteiger partial charge is 0.259 e. The highest BCUT2D eigenvalue weighted by Crippen LogP contribution is 2.43. The highest BCUT2D eigenvalue weighted by atomic mass is 19.1. The molecule has 0 heterocycles. The summed E-state index contributed by atoms with van der Waals surface area (Å²) in [5, 5.41) is 0. The number of rotatable bonds is 5. The van der Waals surface area contributed by atoms with Crippen LogP contribution in [0.1, 0.15) is 41.0 Å². The van der Waals surface area contributed by atoms with Crippen molar-refractivity contribution in [3.05, 3.63) is 48.0 Å². The SMILES string of the molecule is CC=CC(C)(C(C)F)C1CC=CC=C1C(C)=N/C=C(\C)F. The molecule has 0 aromatic heterocycles. The van der Waals surface area contributed by atoms with Crippen LogP contribution >= 0.6 is 0 Å². The number of nitrogens with zero attached hydrogens (tertiary/aromatic N) is 1. The van der Waals surface area contributed by atoms with E-state index in [9.17, 15) is 8.78 Å². The molecule has 0 fully saturated rings. The number of aliphatic imine (C=N–C) groups is 1. The molecule has 0 radical (unpaired) electrons. The Morgan fingerprint density at radius 3 is 2.67 bits per heavy atom. The van der Waals surface area contributed by atoms with Crippen LogP contribution in [0.25, 0.3) is 0 Å². The maximum atomic E-state index is 14.3. The molecule has 0 aromatic rings. The van der Waals surface area contributed by atoms with E-state index in [1.807, 2.05) is 51.2 Å². The van der Waals surface area contributed by atoms with Gasteiger partial charge in [-0.2, -0.15) is 0 Å². The van der Waals surface area contributed by atoms with Gasteiger partial charge in [-0.3, -0.25) is 4.99 Å². The van der Waals surface area contributed by atoms with Gasteiger partial charge in [-0.15, -0.1) is 0 Å². The first kappa shape index (κ1) is 17.5. The third-order valence-corrected chi connectivity index (χ3v) is 4.15. The van der Waals surface area contributed by atoms with Crippen molar-refractivity contribution in [2.75, 3.05) is 0 Å². The summed E-state index contributed by atoms with van der Waals surface area (Å²) in [6, 6.07) is 0. The molecule has 0 N–H and O–H groups in total. The van der Waals surface area contributed by atoms with E-state index < -0.39 is 11.6 Å². The Kier molecular flexibility index (Phi) is 6.25. The fourth-order valence-corrected chi connectivity index (χ4v) is 2.74. The van der Waals surface area contributed by atoms with Crippen LogP contribution in [-0.4, -0.2) is 11.9 Å². The average molecular weight is 293 g/mol. The molecule has 0 amide bonds. The molecule has 3 atom stereocenters. The number of hydrogen-bond donors (Lipinski definition) is 0. The molecule has 1 aliphatic carbocycles. The second kappa shape index (κ2) is 7.48. The molecule has 1 aliphatic rings. The summed E-state index contributed by atoms with van der Waals surface area (Å²) in [6.45, 7) is 8.62. The van der Waals surface area contributed by atoms with Gasteiger partial charge in [-0.05, 0) is 39.7 Å². The van der Waals surface area contributed by atoms with Gasteiger partial charge in [0.25, 0.3) is 0 Å². The standard InChI is InChI=1S/C18H25F2N/c1-6-11-18(5,15(4)20)17-10-8-7-9-16(17)14(3)21-12-13(2)19/h6-9,11-12,15,17H,10H2,1-5H3/b11-6?,13-12+,21-14?. The fraction of sp³-hybridized carbons (Fsp3) is 0.500. The molecule has 0 aliphatic heterocycles. The lowest BCUT2D eigenvalue weighted by atomic mass is 9.66. The van der Waals surface area contributed by atoms with Crippen LogP contribution in [-0.2, 0) is 0 Å². The fourth-order valence-electron chi connectivity index (χ4n) is 2.74. The van der Waals surface area contributed by atoms with Crippen molar-refractivity contribution in [1.82, 2.24) is 0 Å². The smallest absolute Gasteiger partial charge is 0.115 e. The maximum absolute atomic E-state index is 14.3. The van der Waals surface area contributed by atoms with Crippen molar-refractivity contribution in [2.45, 2.75) is 47.2 Å². The van der Waals surface area contributed by atoms with Crippen molar-refractivity contribution in [3.63, 3.8) is 0 Å². The molecule has 116 valence electrons. The van der Waals surface area contributed by atoms with E-state index in [1.54, 1.807) is 6.92 Å². The molecule has 3 heteroatoms. The van der Waals surface area contributed by atoms with Crippen LogP contribution in [0.2, 0.25) is 0 Å². The molecule has 1 rings (SSSR count). The molecular weight excluding hydrogens is 268 g/mol. The summed E-state index contributed by atoms with van der Waals surface area (Å²) < 4.78 is 27.1. The Bertz CT molecular complexity index is 505. The van der Waals surface area contributed by atoms with Gasteiger partial charge >= 0.3 is 0 Å². The molecule has 1 nitrogen and oxygen atoms in total. The van der Waals surface area contributed by atoms with Gasteiger partial charge in [0.05, 0.1) is 6.20 Å². The van der Waals surface area contributed by atoms with Crippen LogP contribution in [0, 0.1) is 11.3 Å². The van der Waals surface area contributed by atoms with Crippen molar-refractivity contribution < 1.29 is 8.78 Å². The number of allylic oxidation sites excluding steroid dienone is 7. The molecular formula is C18H25F2N. The highest BCUT2D eigenvalue weighted by molar-refractivity contribution is 5.99. The van der Waals surface area contributed by atoms with Gasteiger partial charge in [0.15, 0.2) is 0 Å². The molecule has 0 saturated heterocycles. The summed E-state index contributed by atoms with van der Waals surface area (Å²) >= 11 is 0. The highest BCUT2D eigenvalue weighted by Gasteiger charge is 2.39. The Labute approximate surface area is 126 Å². The Morgan fingerprint density at radius 2 is 2.14 bits per heavy atom. The second-order valence-electron chi connectivity index (χ2n) is 5.75. The van der Waals surface area contributed by atoms with E-state index in [0.29, 0.717) is 0 Å². The van der Waals surface area contributed by atoms with Crippen LogP contribution in [0.15, 0.2) is 53.0 Å². The zero-order chi connectivity index (χ0) is 16.0. The topological polar surface area (TPSA) is 12.4 Å². The summed E-state index contributed by atoms with van der Waals surface area (Å²) in [5.41, 5.74) is 1.11. The van der Waals surface area contributed by atoms with Crippen molar-refractivity contribution >= 4 is 5.71 Å². The Hall–Kier alpha value is -1.51. The van der Waals surface area contributed by atoms with Crippen LogP contribution in [0.5, 0.6) is 0 Å². The van der Waals surface area contributed by atoms with Crippen molar-refractivity contribution in [3.8, 4) is 0 Å². The number of alkyl halides is 1. The van der Waals surface area contributed by atoms with Crippen LogP contribution in [0.4, 0.5) is 8.78 Å². The van der Waals surface area contributed by atoms with E-state index in [1.165, 1.54) is 13.1 Å². The molecule has 0 saturated carbocycles. The summed E-state index contributed by atoms with van der Waals surface area (Å²) in [5.74, 6) is -0.344. The zero-order valence-corrected chi connectivity index (χ0v) is 13.5. The second-order valence-corrected chi connectivity index (χ2v) is 5.75. The first-order chi connectivity index (χ1) is 9.82. The predicted molar refractivity (Wildman–Crippen MR) is 86.8 cm³/mol. The van der Waals surface area contributed by atoms with E-state index in [2.05, 4.69) is 4.99 Å². The third-order valence-electron chi connectivity index (χ3n) is 4.15. The molecule has 0 bridgehead atoms. The normalized spacial score (nSPS) is 24.9. The quantitative estimate of drug-likeness (QED) is 0.454. The minimum Gasteiger partial charge on any atom is -0.259 e. The summed E-state index contributed by atoms with van der Waals surface area (Å²) in [7, 11) is 0. The van der Waals surface area contributed by atoms with Gasteiger partial charge < -0.3 is 0 Å². The van der Waals surface area contributed by atoms with Crippen LogP contribution < -0.4 is 0 Å². The molecule has 3 unspecified atom stereocenters. The lowest BCUT2D eigenvalue weighted by molar-refractivity contribution is 0.139. The van der Waals surface area contributed by atoms with Gasteiger partial charge in [-0.25, -0.2) is 8.78 Å². The minimum absolute atomic E-state index is 0.00392. The Balaban J connectivity index is 3.23. The van der Waals surface area contributed by atoms with Gasteiger partial charge in [-0.1, -0.05) is 37.3 Å². The molecule has 21 heavy (non-hydrogen) atoms. The summed E-state index contributed by atoms with van der Waals surface area (Å²) in [4.78, 5) is 4.16. The molecule has 0 aromatic carbocycles. The molecule has 0 spiro atoms. The van der Waals surface area contributed by atoms with E-state index >= 15 is 0 Å². The van der Waals surface area contributed by atoms with Gasteiger partial charge in [0.1, 0.15) is 12.0 Å². The van der Waals surface area contributed by atoms with Gasteiger partial charge in [0.2, 0.25) is 0 Å². The predicted octanol–water partition coefficient (Wildman–Crippen LogP) is 5.72. The lowest BCUT2D eigenvalue weighted by Gasteiger charge is -2.39. The lowest BCUT2D eigenvalue weighted by Crippen LogP contribution is -2.36. The minimum atomic E-state index is -0.986. The summed E-state index contributed by atoms with van der Waals surface area (Å²) in [6.07, 6.45) is 10.8. The monoisotopic (exact) mass is 293 g/mol. The maximum Gasteiger partial charge on any atom is 0.115 e.